The number of nitrogen functional groups attached to an aromatic ring is 1. The number of anilines is 1. The fourth-order valence-corrected chi connectivity index (χ4v) is 3.23. The van der Waals surface area contributed by atoms with Crippen molar-refractivity contribution in [3.05, 3.63) is 24.3 Å². The van der Waals surface area contributed by atoms with Gasteiger partial charge in [0.2, 0.25) is 10.0 Å². The molecular weight excluding hydrogens is 278 g/mol. The first-order valence-corrected chi connectivity index (χ1v) is 8.06. The molecule has 20 heavy (non-hydrogen) atoms. The minimum absolute atomic E-state index is 0.120. The molecule has 0 spiro atoms. The Morgan fingerprint density at radius 2 is 1.95 bits per heavy atom. The second kappa shape index (κ2) is 7.58. The molecule has 114 valence electrons. The van der Waals surface area contributed by atoms with E-state index in [2.05, 4.69) is 10.1 Å². The Bertz CT molecular complexity index is 517. The Hall–Kier alpha value is -1.15. The van der Waals surface area contributed by atoms with E-state index in [4.69, 9.17) is 10.6 Å². The molecule has 7 heteroatoms. The molecule has 0 saturated heterocycles. The number of sulfonamides is 1. The minimum Gasteiger partial charge on any atom is -0.380 e. The zero-order valence-electron chi connectivity index (χ0n) is 12.1. The Morgan fingerprint density at radius 1 is 1.30 bits per heavy atom. The Labute approximate surface area is 120 Å². The second-order valence-electron chi connectivity index (χ2n) is 4.77. The Morgan fingerprint density at radius 3 is 2.50 bits per heavy atom. The standard InChI is InChI=1S/C13H23N3O3S/c1-4-19-9-12(10(2)3)16-20(17,18)13-8-6-5-7-11(13)15-14/h5-8,10,12,15-16H,4,9,14H2,1-3H3. The van der Waals surface area contributed by atoms with Gasteiger partial charge in [0.1, 0.15) is 4.90 Å². The van der Waals surface area contributed by atoms with Gasteiger partial charge in [0.15, 0.2) is 0 Å². The average Bonchev–Trinajstić information content (AvgIpc) is 2.43. The van der Waals surface area contributed by atoms with Crippen LogP contribution in [0.25, 0.3) is 0 Å². The highest BCUT2D eigenvalue weighted by Crippen LogP contribution is 2.20. The lowest BCUT2D eigenvalue weighted by atomic mass is 10.1. The summed E-state index contributed by atoms with van der Waals surface area (Å²) in [5, 5.41) is 0. The van der Waals surface area contributed by atoms with Crippen LogP contribution < -0.4 is 16.0 Å². The summed E-state index contributed by atoms with van der Waals surface area (Å²) in [5.74, 6) is 5.47. The number of benzene rings is 1. The first kappa shape index (κ1) is 16.9. The van der Waals surface area contributed by atoms with E-state index >= 15 is 0 Å². The summed E-state index contributed by atoms with van der Waals surface area (Å²) in [6.45, 7) is 6.65. The molecule has 0 aliphatic carbocycles. The molecule has 1 unspecified atom stereocenters. The molecule has 0 radical (unpaired) electrons. The molecule has 0 heterocycles. The summed E-state index contributed by atoms with van der Waals surface area (Å²) in [6.07, 6.45) is 0. The van der Waals surface area contributed by atoms with Crippen molar-refractivity contribution < 1.29 is 13.2 Å². The van der Waals surface area contributed by atoms with Crippen LogP contribution in [0, 0.1) is 5.92 Å². The van der Waals surface area contributed by atoms with Crippen LogP contribution in [0.1, 0.15) is 20.8 Å². The molecule has 0 saturated carbocycles. The van der Waals surface area contributed by atoms with Gasteiger partial charge in [0.25, 0.3) is 0 Å². The monoisotopic (exact) mass is 301 g/mol. The summed E-state index contributed by atoms with van der Waals surface area (Å²) in [7, 11) is -3.65. The van der Waals surface area contributed by atoms with Crippen molar-refractivity contribution >= 4 is 15.7 Å². The highest BCUT2D eigenvalue weighted by atomic mass is 32.2. The van der Waals surface area contributed by atoms with Crippen LogP contribution in [0.3, 0.4) is 0 Å². The molecule has 0 bridgehead atoms. The largest absolute Gasteiger partial charge is 0.380 e. The highest BCUT2D eigenvalue weighted by Gasteiger charge is 2.24. The van der Waals surface area contributed by atoms with Crippen LogP contribution in [0.15, 0.2) is 29.2 Å². The van der Waals surface area contributed by atoms with E-state index in [0.29, 0.717) is 18.9 Å². The summed E-state index contributed by atoms with van der Waals surface area (Å²) >= 11 is 0. The molecule has 0 aliphatic rings. The Kier molecular flexibility index (Phi) is 6.41. The molecule has 4 N–H and O–H groups in total. The van der Waals surface area contributed by atoms with Crippen molar-refractivity contribution in [3.63, 3.8) is 0 Å². The molecule has 1 aromatic carbocycles. The maximum atomic E-state index is 12.4. The lowest BCUT2D eigenvalue weighted by Gasteiger charge is -2.22. The van der Waals surface area contributed by atoms with E-state index in [9.17, 15) is 8.42 Å². The molecule has 6 nitrogen and oxygen atoms in total. The lowest BCUT2D eigenvalue weighted by Crippen LogP contribution is -2.42. The minimum atomic E-state index is -3.65. The molecule has 0 aromatic heterocycles. The molecule has 1 aromatic rings. The molecule has 1 atom stereocenters. The van der Waals surface area contributed by atoms with Gasteiger partial charge in [-0.2, -0.15) is 0 Å². The van der Waals surface area contributed by atoms with E-state index in [0.717, 1.165) is 0 Å². The number of ether oxygens (including phenoxy) is 1. The number of nitrogens with one attached hydrogen (secondary N) is 2. The van der Waals surface area contributed by atoms with Crippen molar-refractivity contribution in [2.75, 3.05) is 18.6 Å². The van der Waals surface area contributed by atoms with E-state index in [1.54, 1.807) is 18.2 Å². The van der Waals surface area contributed by atoms with Crippen molar-refractivity contribution in [1.82, 2.24) is 4.72 Å². The number of hydrazine groups is 1. The smallest absolute Gasteiger partial charge is 0.243 e. The third-order valence-corrected chi connectivity index (χ3v) is 4.49. The fourth-order valence-electron chi connectivity index (χ4n) is 1.69. The van der Waals surface area contributed by atoms with Crippen molar-refractivity contribution in [3.8, 4) is 0 Å². The van der Waals surface area contributed by atoms with Crippen LogP contribution in [0.2, 0.25) is 0 Å². The van der Waals surface area contributed by atoms with Crippen LogP contribution in [0.4, 0.5) is 5.69 Å². The molecule has 0 amide bonds. The zero-order valence-corrected chi connectivity index (χ0v) is 12.9. The third-order valence-electron chi connectivity index (χ3n) is 2.94. The first-order valence-electron chi connectivity index (χ1n) is 6.58. The second-order valence-corrected chi connectivity index (χ2v) is 6.45. The van der Waals surface area contributed by atoms with Gasteiger partial charge in [-0.3, -0.25) is 5.84 Å². The zero-order chi connectivity index (χ0) is 15.2. The highest BCUT2D eigenvalue weighted by molar-refractivity contribution is 7.89. The Balaban J connectivity index is 2.97. The van der Waals surface area contributed by atoms with Crippen molar-refractivity contribution in [1.29, 1.82) is 0 Å². The van der Waals surface area contributed by atoms with Gasteiger partial charge in [-0.1, -0.05) is 26.0 Å². The number of rotatable bonds is 8. The topological polar surface area (TPSA) is 93.4 Å². The summed E-state index contributed by atoms with van der Waals surface area (Å²) in [6, 6.07) is 6.21. The number of hydrogen-bond acceptors (Lipinski definition) is 5. The predicted octanol–water partition coefficient (Wildman–Crippen LogP) is 1.31. The molecule has 0 fully saturated rings. The van der Waals surface area contributed by atoms with Crippen LogP contribution in [0.5, 0.6) is 0 Å². The molecule has 1 rings (SSSR count). The molecular formula is C13H23N3O3S. The fraction of sp³-hybridized carbons (Fsp3) is 0.538. The summed E-state index contributed by atoms with van der Waals surface area (Å²) in [5.41, 5.74) is 2.76. The van der Waals surface area contributed by atoms with Gasteiger partial charge in [0.05, 0.1) is 12.3 Å². The number of hydrogen-bond donors (Lipinski definition) is 3. The van der Waals surface area contributed by atoms with E-state index in [1.807, 2.05) is 20.8 Å². The molecule has 0 aliphatic heterocycles. The number of nitrogens with two attached hydrogens (primary N) is 1. The SMILES string of the molecule is CCOCC(NS(=O)(=O)c1ccccc1NN)C(C)C. The van der Waals surface area contributed by atoms with E-state index in [-0.39, 0.29) is 16.9 Å². The summed E-state index contributed by atoms with van der Waals surface area (Å²) in [4.78, 5) is 0.129. The van der Waals surface area contributed by atoms with Crippen LogP contribution >= 0.6 is 0 Å². The van der Waals surface area contributed by atoms with Gasteiger partial charge in [0, 0.05) is 12.6 Å². The van der Waals surface area contributed by atoms with E-state index in [1.165, 1.54) is 6.07 Å². The number of para-hydroxylation sites is 1. The van der Waals surface area contributed by atoms with Gasteiger partial charge < -0.3 is 10.2 Å². The van der Waals surface area contributed by atoms with Gasteiger partial charge >= 0.3 is 0 Å². The van der Waals surface area contributed by atoms with Gasteiger partial charge in [-0.05, 0) is 25.0 Å². The van der Waals surface area contributed by atoms with E-state index < -0.39 is 10.0 Å². The van der Waals surface area contributed by atoms with Crippen molar-refractivity contribution in [2.45, 2.75) is 31.7 Å². The maximum Gasteiger partial charge on any atom is 0.243 e. The predicted molar refractivity (Wildman–Crippen MR) is 79.7 cm³/mol. The summed E-state index contributed by atoms with van der Waals surface area (Å²) < 4.78 is 32.9. The normalized spacial score (nSPS) is 13.4. The van der Waals surface area contributed by atoms with Crippen molar-refractivity contribution in [2.24, 2.45) is 11.8 Å². The maximum absolute atomic E-state index is 12.4. The van der Waals surface area contributed by atoms with Crippen LogP contribution in [-0.4, -0.2) is 27.7 Å². The van der Waals surface area contributed by atoms with Crippen LogP contribution in [-0.2, 0) is 14.8 Å². The quantitative estimate of drug-likeness (QED) is 0.497. The van der Waals surface area contributed by atoms with Gasteiger partial charge in [-0.15, -0.1) is 0 Å². The van der Waals surface area contributed by atoms with Gasteiger partial charge in [-0.25, -0.2) is 13.1 Å². The lowest BCUT2D eigenvalue weighted by molar-refractivity contribution is 0.116. The third kappa shape index (κ3) is 4.45. The average molecular weight is 301 g/mol. The first-order chi connectivity index (χ1) is 9.42.